The molecule has 1 aromatic carbocycles. The molecule has 100 valence electrons. The molecule has 0 aromatic heterocycles. The third-order valence-corrected chi connectivity index (χ3v) is 3.00. The summed E-state index contributed by atoms with van der Waals surface area (Å²) < 4.78 is 0. The van der Waals surface area contributed by atoms with Crippen molar-refractivity contribution in [2.75, 3.05) is 31.2 Å². The van der Waals surface area contributed by atoms with Crippen molar-refractivity contribution in [3.8, 4) is 0 Å². The Morgan fingerprint density at radius 1 is 1.39 bits per heavy atom. The number of aliphatic hydroxyl groups excluding tert-OH is 1. The van der Waals surface area contributed by atoms with Gasteiger partial charge in [0.05, 0.1) is 13.2 Å². The largest absolute Gasteiger partial charge is 0.399 e. The SMILES string of the molecule is CN(CC(=O)Nc1ccc(N)cc1)C(C)(C)CO. The van der Waals surface area contributed by atoms with Crippen molar-refractivity contribution in [2.24, 2.45) is 0 Å². The fraction of sp³-hybridized carbons (Fsp3) is 0.462. The van der Waals surface area contributed by atoms with Gasteiger partial charge in [-0.2, -0.15) is 0 Å². The number of nitrogen functional groups attached to an aromatic ring is 1. The van der Waals surface area contributed by atoms with Gasteiger partial charge in [0.25, 0.3) is 0 Å². The van der Waals surface area contributed by atoms with Gasteiger partial charge in [-0.3, -0.25) is 9.69 Å². The van der Waals surface area contributed by atoms with Crippen LogP contribution in [0.2, 0.25) is 0 Å². The number of hydrogen-bond donors (Lipinski definition) is 3. The van der Waals surface area contributed by atoms with E-state index in [1.54, 1.807) is 36.2 Å². The Morgan fingerprint density at radius 3 is 2.44 bits per heavy atom. The number of rotatable bonds is 5. The van der Waals surface area contributed by atoms with Gasteiger partial charge >= 0.3 is 0 Å². The molecule has 0 saturated carbocycles. The number of anilines is 2. The lowest BCUT2D eigenvalue weighted by Gasteiger charge is -2.33. The molecule has 1 rings (SSSR count). The number of carbonyl (C=O) groups is 1. The molecule has 4 N–H and O–H groups in total. The number of nitrogens with one attached hydrogen (secondary N) is 1. The highest BCUT2D eigenvalue weighted by molar-refractivity contribution is 5.92. The Balaban J connectivity index is 2.54. The maximum absolute atomic E-state index is 11.8. The molecule has 0 spiro atoms. The van der Waals surface area contributed by atoms with Crippen LogP contribution in [0.25, 0.3) is 0 Å². The lowest BCUT2D eigenvalue weighted by Crippen LogP contribution is -2.47. The van der Waals surface area contributed by atoms with Crippen LogP contribution < -0.4 is 11.1 Å². The zero-order valence-corrected chi connectivity index (χ0v) is 11.1. The van der Waals surface area contributed by atoms with Gasteiger partial charge in [-0.25, -0.2) is 0 Å². The highest BCUT2D eigenvalue weighted by atomic mass is 16.3. The average molecular weight is 251 g/mol. The lowest BCUT2D eigenvalue weighted by atomic mass is 10.1. The summed E-state index contributed by atoms with van der Waals surface area (Å²) in [5.41, 5.74) is 6.52. The van der Waals surface area contributed by atoms with Gasteiger partial charge in [-0.05, 0) is 45.2 Å². The third-order valence-electron chi connectivity index (χ3n) is 3.00. The minimum atomic E-state index is -0.418. The van der Waals surface area contributed by atoms with E-state index in [0.29, 0.717) is 11.4 Å². The first-order chi connectivity index (χ1) is 8.35. The van der Waals surface area contributed by atoms with Crippen LogP contribution in [0.1, 0.15) is 13.8 Å². The van der Waals surface area contributed by atoms with Crippen LogP contribution in [0.3, 0.4) is 0 Å². The summed E-state index contributed by atoms with van der Waals surface area (Å²) in [7, 11) is 1.80. The van der Waals surface area contributed by atoms with Crippen molar-refractivity contribution >= 4 is 17.3 Å². The monoisotopic (exact) mass is 251 g/mol. The van der Waals surface area contributed by atoms with Crippen molar-refractivity contribution in [3.63, 3.8) is 0 Å². The Hall–Kier alpha value is -1.59. The third kappa shape index (κ3) is 4.01. The van der Waals surface area contributed by atoms with Crippen LogP contribution in [0.15, 0.2) is 24.3 Å². The van der Waals surface area contributed by atoms with Crippen LogP contribution in [0.4, 0.5) is 11.4 Å². The molecule has 0 radical (unpaired) electrons. The zero-order valence-electron chi connectivity index (χ0n) is 11.1. The Morgan fingerprint density at radius 2 is 1.94 bits per heavy atom. The summed E-state index contributed by atoms with van der Waals surface area (Å²) in [6, 6.07) is 6.98. The summed E-state index contributed by atoms with van der Waals surface area (Å²) in [5.74, 6) is -0.121. The van der Waals surface area contributed by atoms with Crippen LogP contribution in [-0.2, 0) is 4.79 Å². The Kier molecular flexibility index (Phi) is 4.69. The molecule has 1 aromatic rings. The molecule has 5 nitrogen and oxygen atoms in total. The molecule has 0 atom stereocenters. The first-order valence-electron chi connectivity index (χ1n) is 5.82. The quantitative estimate of drug-likeness (QED) is 0.680. The molecule has 0 aliphatic heterocycles. The van der Waals surface area contributed by atoms with Crippen molar-refractivity contribution in [3.05, 3.63) is 24.3 Å². The minimum Gasteiger partial charge on any atom is -0.399 e. The van der Waals surface area contributed by atoms with Crippen LogP contribution in [0.5, 0.6) is 0 Å². The van der Waals surface area contributed by atoms with Gasteiger partial charge in [-0.1, -0.05) is 0 Å². The van der Waals surface area contributed by atoms with E-state index in [0.717, 1.165) is 0 Å². The first kappa shape index (κ1) is 14.5. The topological polar surface area (TPSA) is 78.6 Å². The smallest absolute Gasteiger partial charge is 0.238 e. The van der Waals surface area contributed by atoms with Gasteiger partial charge in [-0.15, -0.1) is 0 Å². The van der Waals surface area contributed by atoms with E-state index >= 15 is 0 Å². The highest BCUT2D eigenvalue weighted by Crippen LogP contribution is 2.13. The molecule has 0 bridgehead atoms. The molecule has 0 aliphatic rings. The molecule has 18 heavy (non-hydrogen) atoms. The van der Waals surface area contributed by atoms with Crippen molar-refractivity contribution in [1.82, 2.24) is 4.90 Å². The molecule has 0 fully saturated rings. The number of nitrogens with two attached hydrogens (primary N) is 1. The summed E-state index contributed by atoms with van der Waals surface area (Å²) in [6.45, 7) is 3.98. The Labute approximate surface area is 108 Å². The number of likely N-dealkylation sites (N-methyl/N-ethyl adjacent to an activating group) is 1. The Bertz CT molecular complexity index is 401. The molecular formula is C13H21N3O2. The predicted octanol–water partition coefficient (Wildman–Crippen LogP) is 0.910. The second-order valence-electron chi connectivity index (χ2n) is 5.00. The van der Waals surface area contributed by atoms with Crippen LogP contribution in [0, 0.1) is 0 Å². The summed E-state index contributed by atoms with van der Waals surface area (Å²) in [5, 5.41) is 12.0. The maximum Gasteiger partial charge on any atom is 0.238 e. The molecular weight excluding hydrogens is 230 g/mol. The van der Waals surface area contributed by atoms with Crippen LogP contribution >= 0.6 is 0 Å². The van der Waals surface area contributed by atoms with Crippen molar-refractivity contribution < 1.29 is 9.90 Å². The standard InChI is InChI=1S/C13H21N3O2/c1-13(2,9-17)16(3)8-12(18)15-11-6-4-10(14)5-7-11/h4-7,17H,8-9,14H2,1-3H3,(H,15,18). The maximum atomic E-state index is 11.8. The van der Waals surface area contributed by atoms with Gasteiger partial charge in [0, 0.05) is 16.9 Å². The second-order valence-corrected chi connectivity index (χ2v) is 5.00. The van der Waals surface area contributed by atoms with E-state index < -0.39 is 5.54 Å². The van der Waals surface area contributed by atoms with E-state index in [2.05, 4.69) is 5.32 Å². The number of nitrogens with zero attached hydrogens (tertiary/aromatic N) is 1. The van der Waals surface area contributed by atoms with E-state index in [9.17, 15) is 9.90 Å². The van der Waals surface area contributed by atoms with Crippen molar-refractivity contribution in [2.45, 2.75) is 19.4 Å². The molecule has 0 unspecified atom stereocenters. The fourth-order valence-corrected chi connectivity index (χ4v) is 1.32. The normalized spacial score (nSPS) is 11.6. The number of benzene rings is 1. The van der Waals surface area contributed by atoms with E-state index in [4.69, 9.17) is 5.73 Å². The highest BCUT2D eigenvalue weighted by Gasteiger charge is 2.24. The lowest BCUT2D eigenvalue weighted by molar-refractivity contribution is -0.118. The fourth-order valence-electron chi connectivity index (χ4n) is 1.32. The van der Waals surface area contributed by atoms with Gasteiger partial charge in [0.2, 0.25) is 5.91 Å². The molecule has 0 heterocycles. The van der Waals surface area contributed by atoms with E-state index in [-0.39, 0.29) is 19.1 Å². The number of aliphatic hydroxyl groups is 1. The number of amides is 1. The van der Waals surface area contributed by atoms with Crippen LogP contribution in [-0.4, -0.2) is 41.7 Å². The number of hydrogen-bond acceptors (Lipinski definition) is 4. The molecule has 0 saturated heterocycles. The molecule has 1 amide bonds. The summed E-state index contributed by atoms with van der Waals surface area (Å²) >= 11 is 0. The van der Waals surface area contributed by atoms with Gasteiger partial charge < -0.3 is 16.2 Å². The van der Waals surface area contributed by atoms with Crippen molar-refractivity contribution in [1.29, 1.82) is 0 Å². The summed E-state index contributed by atoms with van der Waals surface area (Å²) in [6.07, 6.45) is 0. The minimum absolute atomic E-state index is 0.00134. The van der Waals surface area contributed by atoms with E-state index in [1.807, 2.05) is 13.8 Å². The average Bonchev–Trinajstić information content (AvgIpc) is 2.32. The van der Waals surface area contributed by atoms with Gasteiger partial charge in [0.15, 0.2) is 0 Å². The predicted molar refractivity (Wildman–Crippen MR) is 73.3 cm³/mol. The second kappa shape index (κ2) is 5.84. The summed E-state index contributed by atoms with van der Waals surface area (Å²) in [4.78, 5) is 13.6. The molecule has 0 aliphatic carbocycles. The van der Waals surface area contributed by atoms with Gasteiger partial charge in [0.1, 0.15) is 0 Å². The molecule has 5 heteroatoms. The zero-order chi connectivity index (χ0) is 13.8. The first-order valence-corrected chi connectivity index (χ1v) is 5.82. The van der Waals surface area contributed by atoms with E-state index in [1.165, 1.54) is 0 Å². The number of carbonyl (C=O) groups excluding carboxylic acids is 1.